The summed E-state index contributed by atoms with van der Waals surface area (Å²) in [6, 6.07) is 13.4. The van der Waals surface area contributed by atoms with Crippen LogP contribution in [-0.2, 0) is 30.4 Å². The smallest absolute Gasteiger partial charge is 0.290 e. The van der Waals surface area contributed by atoms with Crippen LogP contribution in [0.25, 0.3) is 0 Å². The fourth-order valence-electron chi connectivity index (χ4n) is 4.85. The summed E-state index contributed by atoms with van der Waals surface area (Å²) in [6.07, 6.45) is 0.178. The molecule has 12 heteroatoms. The summed E-state index contributed by atoms with van der Waals surface area (Å²) in [4.78, 5) is 81.9. The number of Topliss-reactive ketones (excluding diaryl/α,β-unsaturated/α-hetero) is 1. The zero-order chi connectivity index (χ0) is 33.1. The van der Waals surface area contributed by atoms with E-state index >= 15 is 0 Å². The molecule has 0 bridgehead atoms. The zero-order valence-corrected chi connectivity index (χ0v) is 26.5. The molecule has 2 aromatic rings. The minimum Gasteiger partial charge on any atom is -0.344 e. The van der Waals surface area contributed by atoms with Crippen LogP contribution in [0.3, 0.4) is 0 Å². The van der Waals surface area contributed by atoms with E-state index in [1.54, 1.807) is 49.1 Å². The van der Waals surface area contributed by atoms with Crippen molar-refractivity contribution in [2.45, 2.75) is 58.3 Å². The van der Waals surface area contributed by atoms with Crippen LogP contribution in [0.1, 0.15) is 43.6 Å². The predicted molar refractivity (Wildman–Crippen MR) is 169 cm³/mol. The second-order valence-electron chi connectivity index (χ2n) is 11.7. The van der Waals surface area contributed by atoms with Gasteiger partial charge in [0.2, 0.25) is 23.5 Å². The van der Waals surface area contributed by atoms with E-state index in [2.05, 4.69) is 26.2 Å². The molecule has 1 aliphatic heterocycles. The van der Waals surface area contributed by atoms with Crippen molar-refractivity contribution in [1.82, 2.24) is 31.1 Å². The van der Waals surface area contributed by atoms with E-state index < -0.39 is 59.5 Å². The molecule has 3 rings (SSSR count). The Labute approximate surface area is 264 Å². The van der Waals surface area contributed by atoms with Gasteiger partial charge in [-0.25, -0.2) is 0 Å². The van der Waals surface area contributed by atoms with Crippen LogP contribution >= 0.6 is 0 Å². The van der Waals surface area contributed by atoms with Gasteiger partial charge in [0.1, 0.15) is 18.1 Å². The second-order valence-corrected chi connectivity index (χ2v) is 11.7. The summed E-state index contributed by atoms with van der Waals surface area (Å²) in [5.41, 5.74) is 1.19. The second kappa shape index (κ2) is 16.5. The first-order valence-corrected chi connectivity index (χ1v) is 15.2. The average molecular weight is 621 g/mol. The van der Waals surface area contributed by atoms with Crippen LogP contribution in [0.15, 0.2) is 60.7 Å². The van der Waals surface area contributed by atoms with E-state index in [0.29, 0.717) is 31.7 Å². The zero-order valence-electron chi connectivity index (χ0n) is 26.5. The monoisotopic (exact) mass is 620 g/mol. The van der Waals surface area contributed by atoms with Crippen molar-refractivity contribution in [3.05, 3.63) is 71.8 Å². The van der Waals surface area contributed by atoms with Crippen molar-refractivity contribution in [1.29, 1.82) is 0 Å². The molecule has 1 fully saturated rings. The van der Waals surface area contributed by atoms with E-state index in [1.807, 2.05) is 37.4 Å². The number of ketones is 1. The van der Waals surface area contributed by atoms with Crippen LogP contribution in [0.4, 0.5) is 0 Å². The number of rotatable bonds is 13. The molecule has 4 atom stereocenters. The Morgan fingerprint density at radius 3 is 1.84 bits per heavy atom. The first kappa shape index (κ1) is 34.9. The molecule has 0 aliphatic carbocycles. The largest absolute Gasteiger partial charge is 0.344 e. The fourth-order valence-corrected chi connectivity index (χ4v) is 4.85. The van der Waals surface area contributed by atoms with Gasteiger partial charge in [0.05, 0.1) is 6.04 Å². The lowest BCUT2D eigenvalue weighted by molar-refractivity contribution is -0.143. The maximum Gasteiger partial charge on any atom is 0.290 e. The van der Waals surface area contributed by atoms with E-state index in [4.69, 9.17) is 0 Å². The van der Waals surface area contributed by atoms with Gasteiger partial charge in [0.15, 0.2) is 0 Å². The third-order valence-electron chi connectivity index (χ3n) is 7.70. The molecule has 45 heavy (non-hydrogen) atoms. The number of likely N-dealkylation sites (N-methyl/N-ethyl adjacent to an activating group) is 1. The molecule has 0 aromatic heterocycles. The SMILES string of the molecule is CC(C)[C@H](NC(=O)[C@H](C)NC(=O)[C@H](Cc1ccccc1)NC(=O)c1ccccc1)C(=O)C(=O)N[C@@H](C)C(=O)N1CCN(C)CC1. The van der Waals surface area contributed by atoms with E-state index in [0.717, 1.165) is 5.56 Å². The summed E-state index contributed by atoms with van der Waals surface area (Å²) in [5.74, 6) is -4.34. The van der Waals surface area contributed by atoms with Gasteiger partial charge in [-0.1, -0.05) is 62.4 Å². The molecule has 5 amide bonds. The normalized spacial score (nSPS) is 16.1. The maximum absolute atomic E-state index is 13.3. The third kappa shape index (κ3) is 10.2. The number of hydrogen-bond donors (Lipinski definition) is 4. The molecule has 0 radical (unpaired) electrons. The minimum absolute atomic E-state index is 0.178. The number of nitrogens with one attached hydrogen (secondary N) is 4. The van der Waals surface area contributed by atoms with Gasteiger partial charge in [-0.05, 0) is 44.5 Å². The van der Waals surface area contributed by atoms with Crippen LogP contribution in [0.2, 0.25) is 0 Å². The first-order chi connectivity index (χ1) is 21.4. The Morgan fingerprint density at radius 1 is 0.689 bits per heavy atom. The lowest BCUT2D eigenvalue weighted by atomic mass is 9.98. The third-order valence-corrected chi connectivity index (χ3v) is 7.70. The van der Waals surface area contributed by atoms with Gasteiger partial charge < -0.3 is 31.1 Å². The lowest BCUT2D eigenvalue weighted by Crippen LogP contribution is -2.58. The van der Waals surface area contributed by atoms with Crippen LogP contribution in [0, 0.1) is 5.92 Å². The Morgan fingerprint density at radius 2 is 1.27 bits per heavy atom. The standard InChI is InChI=1S/C33H44N6O6/c1-21(2)27(28(40)32(44)35-23(4)33(45)39-18-16-38(5)17-19-39)37-29(41)22(3)34-31(43)26(20-24-12-8-6-9-13-24)36-30(42)25-14-10-7-11-15-25/h6-15,21-23,26-27H,16-20H2,1-5H3,(H,34,43)(H,35,44)(H,36,42)(H,37,41)/t22-,23-,26-,27-/m0/s1. The van der Waals surface area contributed by atoms with Gasteiger partial charge in [-0.2, -0.15) is 0 Å². The number of carbonyl (C=O) groups excluding carboxylic acids is 6. The van der Waals surface area contributed by atoms with Gasteiger partial charge in [0, 0.05) is 38.2 Å². The van der Waals surface area contributed by atoms with E-state index in [1.165, 1.54) is 13.8 Å². The van der Waals surface area contributed by atoms with Crippen molar-refractivity contribution >= 4 is 35.3 Å². The maximum atomic E-state index is 13.3. The number of carbonyl (C=O) groups is 6. The molecular weight excluding hydrogens is 576 g/mol. The van der Waals surface area contributed by atoms with Crippen LogP contribution < -0.4 is 21.3 Å². The number of benzene rings is 2. The Balaban J connectivity index is 1.62. The first-order valence-electron chi connectivity index (χ1n) is 15.2. The Kier molecular flexibility index (Phi) is 12.8. The van der Waals surface area contributed by atoms with Gasteiger partial charge in [0.25, 0.3) is 11.8 Å². The van der Waals surface area contributed by atoms with Crippen LogP contribution in [0.5, 0.6) is 0 Å². The highest BCUT2D eigenvalue weighted by Gasteiger charge is 2.34. The Hall–Kier alpha value is -4.58. The molecule has 12 nitrogen and oxygen atoms in total. The summed E-state index contributed by atoms with van der Waals surface area (Å²) >= 11 is 0. The number of nitrogens with zero attached hydrogens (tertiary/aromatic N) is 2. The van der Waals surface area contributed by atoms with Crippen molar-refractivity contribution in [3.63, 3.8) is 0 Å². The molecule has 2 aromatic carbocycles. The molecule has 1 heterocycles. The van der Waals surface area contributed by atoms with Gasteiger partial charge in [-0.3, -0.25) is 28.8 Å². The fraction of sp³-hybridized carbons (Fsp3) is 0.455. The molecule has 0 unspecified atom stereocenters. The van der Waals surface area contributed by atoms with E-state index in [9.17, 15) is 28.8 Å². The summed E-state index contributed by atoms with van der Waals surface area (Å²) in [6.45, 7) is 8.81. The lowest BCUT2D eigenvalue weighted by Gasteiger charge is -2.34. The van der Waals surface area contributed by atoms with E-state index in [-0.39, 0.29) is 12.3 Å². The van der Waals surface area contributed by atoms with Crippen molar-refractivity contribution in [2.75, 3.05) is 33.2 Å². The summed E-state index contributed by atoms with van der Waals surface area (Å²) < 4.78 is 0. The molecule has 0 saturated carbocycles. The van der Waals surface area contributed by atoms with Crippen molar-refractivity contribution in [2.24, 2.45) is 5.92 Å². The molecule has 4 N–H and O–H groups in total. The van der Waals surface area contributed by atoms with Gasteiger partial charge >= 0.3 is 0 Å². The highest BCUT2D eigenvalue weighted by Crippen LogP contribution is 2.09. The minimum atomic E-state index is -1.19. The van der Waals surface area contributed by atoms with Crippen LogP contribution in [-0.4, -0.2) is 103 Å². The van der Waals surface area contributed by atoms with Gasteiger partial charge in [-0.15, -0.1) is 0 Å². The average Bonchev–Trinajstić information content (AvgIpc) is 3.03. The molecule has 1 saturated heterocycles. The highest BCUT2D eigenvalue weighted by atomic mass is 16.2. The summed E-state index contributed by atoms with van der Waals surface area (Å²) in [7, 11) is 1.96. The number of piperazine rings is 1. The number of amides is 5. The highest BCUT2D eigenvalue weighted by molar-refractivity contribution is 6.38. The molecular formula is C33H44N6O6. The quantitative estimate of drug-likeness (QED) is 0.238. The molecule has 0 spiro atoms. The van der Waals surface area contributed by atoms with Crippen molar-refractivity contribution < 1.29 is 28.8 Å². The molecule has 242 valence electrons. The predicted octanol–water partition coefficient (Wildman–Crippen LogP) is 0.521. The number of hydrogen-bond acceptors (Lipinski definition) is 7. The topological polar surface area (TPSA) is 157 Å². The molecule has 1 aliphatic rings. The summed E-state index contributed by atoms with van der Waals surface area (Å²) in [5, 5.41) is 10.4. The van der Waals surface area contributed by atoms with Crippen molar-refractivity contribution in [3.8, 4) is 0 Å². The Bertz CT molecular complexity index is 1340.